The van der Waals surface area contributed by atoms with Crippen LogP contribution in [0.1, 0.15) is 71.1 Å². The Balaban J connectivity index is 3.80. The highest BCUT2D eigenvalue weighted by atomic mass is 16.4. The molecule has 0 amide bonds. The minimum Gasteiger partial charge on any atom is -0.512 e. The summed E-state index contributed by atoms with van der Waals surface area (Å²) in [7, 11) is 0. The molecule has 0 unspecified atom stereocenters. The molecule has 0 bridgehead atoms. The van der Waals surface area contributed by atoms with E-state index >= 15 is 0 Å². The monoisotopic (exact) mass is 336 g/mol. The van der Waals surface area contributed by atoms with Crippen LogP contribution in [0.3, 0.4) is 0 Å². The molecule has 0 spiro atoms. The number of carboxylic acid groups (broad SMARTS) is 1. The van der Waals surface area contributed by atoms with Gasteiger partial charge in [-0.15, -0.1) is 0 Å². The average Bonchev–Trinajstić information content (AvgIpc) is 2.55. The van der Waals surface area contributed by atoms with Gasteiger partial charge >= 0.3 is 5.97 Å². The molecule has 0 fully saturated rings. The molecule has 0 rings (SSSR count). The first-order valence-corrected chi connectivity index (χ1v) is 8.84. The predicted molar refractivity (Wildman–Crippen MR) is 99.2 cm³/mol. The van der Waals surface area contributed by atoms with E-state index in [1.54, 1.807) is 6.08 Å². The molecular weight excluding hydrogens is 304 g/mol. The Morgan fingerprint density at radius 3 is 2.21 bits per heavy atom. The van der Waals surface area contributed by atoms with E-state index in [4.69, 9.17) is 5.11 Å². The third-order valence-corrected chi connectivity index (χ3v) is 3.43. The van der Waals surface area contributed by atoms with Gasteiger partial charge in [0.1, 0.15) is 0 Å². The van der Waals surface area contributed by atoms with Crippen LogP contribution in [0.5, 0.6) is 0 Å². The topological polar surface area (TPSA) is 77.8 Å². The number of hydrogen-bond donors (Lipinski definition) is 3. The Hall–Kier alpha value is -1.97. The molecule has 0 heterocycles. The lowest BCUT2D eigenvalue weighted by Crippen LogP contribution is -1.92. The average molecular weight is 336 g/mol. The van der Waals surface area contributed by atoms with Crippen LogP contribution < -0.4 is 0 Å². The summed E-state index contributed by atoms with van der Waals surface area (Å²) in [6, 6.07) is 0. The van der Waals surface area contributed by atoms with Crippen LogP contribution in [-0.2, 0) is 4.79 Å². The van der Waals surface area contributed by atoms with Crippen LogP contribution in [-0.4, -0.2) is 21.3 Å². The zero-order valence-electron chi connectivity index (χ0n) is 14.8. The van der Waals surface area contributed by atoms with Crippen molar-refractivity contribution in [3.8, 4) is 0 Å². The van der Waals surface area contributed by atoms with E-state index in [1.165, 1.54) is 12.8 Å². The molecular formula is C20H32O4. The zero-order chi connectivity index (χ0) is 18.0. The summed E-state index contributed by atoms with van der Waals surface area (Å²) in [5, 5.41) is 27.9. The quantitative estimate of drug-likeness (QED) is 0.207. The predicted octanol–water partition coefficient (Wildman–Crippen LogP) is 5.99. The van der Waals surface area contributed by atoms with Gasteiger partial charge in [0.25, 0.3) is 0 Å². The van der Waals surface area contributed by atoms with Crippen molar-refractivity contribution in [2.45, 2.75) is 71.1 Å². The molecule has 0 aliphatic heterocycles. The highest BCUT2D eigenvalue weighted by molar-refractivity contribution is 5.66. The van der Waals surface area contributed by atoms with E-state index in [9.17, 15) is 15.0 Å². The lowest BCUT2D eigenvalue weighted by Gasteiger charge is -1.98. The molecule has 0 aromatic carbocycles. The number of aliphatic carboxylic acids is 1. The Morgan fingerprint density at radius 2 is 1.50 bits per heavy atom. The fourth-order valence-electron chi connectivity index (χ4n) is 2.02. The van der Waals surface area contributed by atoms with Crippen LogP contribution in [0.2, 0.25) is 0 Å². The van der Waals surface area contributed by atoms with E-state index < -0.39 is 5.97 Å². The summed E-state index contributed by atoms with van der Waals surface area (Å²) in [5.41, 5.74) is 0. The van der Waals surface area contributed by atoms with Crippen LogP contribution >= 0.6 is 0 Å². The first-order valence-electron chi connectivity index (χ1n) is 8.84. The van der Waals surface area contributed by atoms with Crippen molar-refractivity contribution in [1.82, 2.24) is 0 Å². The minimum absolute atomic E-state index is 0.207. The largest absolute Gasteiger partial charge is 0.512 e. The highest BCUT2D eigenvalue weighted by Gasteiger charge is 1.94. The molecule has 0 aliphatic rings. The summed E-state index contributed by atoms with van der Waals surface area (Å²) in [6.45, 7) is 2.15. The van der Waals surface area contributed by atoms with Gasteiger partial charge in [0.05, 0.1) is 11.5 Å². The molecule has 4 nitrogen and oxygen atoms in total. The van der Waals surface area contributed by atoms with E-state index in [0.29, 0.717) is 25.0 Å². The maximum absolute atomic E-state index is 10.3. The maximum Gasteiger partial charge on any atom is 0.303 e. The number of carboxylic acids is 1. The van der Waals surface area contributed by atoms with Crippen molar-refractivity contribution in [3.63, 3.8) is 0 Å². The number of carbonyl (C=O) groups is 1. The number of allylic oxidation sites excluding steroid dienone is 6. The minimum atomic E-state index is -0.757. The van der Waals surface area contributed by atoms with Gasteiger partial charge in [-0.3, -0.25) is 4.79 Å². The standard InChI is InChI=1S/C20H32O4/c1-2-3-4-10-13-18(21)16-17-19(22)14-11-8-6-5-7-9-12-15-20(23)24/h5,7-8,11,13,17,21-22H,2-4,6,9-10,12,14-16H2,1H3,(H,23,24)/b7-5-,11-8-,18-13-,19-17-. The molecule has 136 valence electrons. The van der Waals surface area contributed by atoms with Gasteiger partial charge < -0.3 is 15.3 Å². The lowest BCUT2D eigenvalue weighted by molar-refractivity contribution is -0.137. The van der Waals surface area contributed by atoms with Crippen LogP contribution in [0.25, 0.3) is 0 Å². The van der Waals surface area contributed by atoms with Gasteiger partial charge in [0, 0.05) is 19.3 Å². The van der Waals surface area contributed by atoms with Gasteiger partial charge in [-0.05, 0) is 44.3 Å². The second-order valence-electron chi connectivity index (χ2n) is 5.76. The molecule has 0 radical (unpaired) electrons. The van der Waals surface area contributed by atoms with Crippen molar-refractivity contribution in [2.24, 2.45) is 0 Å². The molecule has 0 aromatic heterocycles. The van der Waals surface area contributed by atoms with Gasteiger partial charge in [0.2, 0.25) is 0 Å². The SMILES string of the molecule is CCCCC/C=C(\O)C/C=C(\O)C/C=C\C/C=C\CCCC(=O)O. The van der Waals surface area contributed by atoms with Crippen molar-refractivity contribution in [1.29, 1.82) is 0 Å². The fraction of sp³-hybridized carbons (Fsp3) is 0.550. The first kappa shape index (κ1) is 22.0. The molecule has 0 aliphatic carbocycles. The van der Waals surface area contributed by atoms with Gasteiger partial charge in [-0.1, -0.05) is 44.1 Å². The van der Waals surface area contributed by atoms with Crippen molar-refractivity contribution in [2.75, 3.05) is 0 Å². The molecule has 0 aromatic rings. The van der Waals surface area contributed by atoms with Crippen LogP contribution in [0.15, 0.2) is 48.0 Å². The van der Waals surface area contributed by atoms with E-state index in [1.807, 2.05) is 30.4 Å². The molecule has 3 N–H and O–H groups in total. The summed E-state index contributed by atoms with van der Waals surface area (Å²) < 4.78 is 0. The maximum atomic E-state index is 10.3. The fourth-order valence-corrected chi connectivity index (χ4v) is 2.02. The Bertz CT molecular complexity index is 445. The lowest BCUT2D eigenvalue weighted by atomic mass is 10.1. The first-order chi connectivity index (χ1) is 11.6. The van der Waals surface area contributed by atoms with E-state index in [-0.39, 0.29) is 12.2 Å². The van der Waals surface area contributed by atoms with Gasteiger partial charge in [0.15, 0.2) is 0 Å². The number of rotatable bonds is 14. The number of aliphatic hydroxyl groups is 2. The second kappa shape index (κ2) is 15.9. The van der Waals surface area contributed by atoms with Crippen molar-refractivity contribution >= 4 is 5.97 Å². The van der Waals surface area contributed by atoms with Crippen molar-refractivity contribution < 1.29 is 20.1 Å². The smallest absolute Gasteiger partial charge is 0.303 e. The van der Waals surface area contributed by atoms with Crippen LogP contribution in [0, 0.1) is 0 Å². The molecule has 0 saturated carbocycles. The van der Waals surface area contributed by atoms with Crippen LogP contribution in [0.4, 0.5) is 0 Å². The third-order valence-electron chi connectivity index (χ3n) is 3.43. The summed E-state index contributed by atoms with van der Waals surface area (Å²) in [5.74, 6) is -0.191. The molecule has 4 heteroatoms. The Morgan fingerprint density at radius 1 is 0.792 bits per heavy atom. The number of unbranched alkanes of at least 4 members (excludes halogenated alkanes) is 4. The van der Waals surface area contributed by atoms with Gasteiger partial charge in [-0.2, -0.15) is 0 Å². The molecule has 24 heavy (non-hydrogen) atoms. The Labute approximate surface area is 145 Å². The summed E-state index contributed by atoms with van der Waals surface area (Å²) in [6.07, 6.45) is 18.8. The molecule has 0 atom stereocenters. The third kappa shape index (κ3) is 16.4. The second-order valence-corrected chi connectivity index (χ2v) is 5.76. The van der Waals surface area contributed by atoms with E-state index in [0.717, 1.165) is 25.7 Å². The highest BCUT2D eigenvalue weighted by Crippen LogP contribution is 2.08. The van der Waals surface area contributed by atoms with Crippen molar-refractivity contribution in [3.05, 3.63) is 48.0 Å². The Kier molecular flexibility index (Phi) is 14.6. The van der Waals surface area contributed by atoms with Gasteiger partial charge in [-0.25, -0.2) is 0 Å². The number of aliphatic hydroxyl groups excluding tert-OH is 2. The number of hydrogen-bond acceptors (Lipinski definition) is 3. The summed E-state index contributed by atoms with van der Waals surface area (Å²) in [4.78, 5) is 10.3. The molecule has 0 saturated heterocycles. The summed E-state index contributed by atoms with van der Waals surface area (Å²) >= 11 is 0. The zero-order valence-corrected chi connectivity index (χ0v) is 14.8. The normalized spacial score (nSPS) is 13.2. The van der Waals surface area contributed by atoms with E-state index in [2.05, 4.69) is 6.92 Å².